The Morgan fingerprint density at radius 3 is 2.94 bits per heavy atom. The third-order valence-electron chi connectivity index (χ3n) is 2.36. The first-order valence-electron chi connectivity index (χ1n) is 5.38. The van der Waals surface area contributed by atoms with Gasteiger partial charge in [0.25, 0.3) is 0 Å². The number of amides is 1. The van der Waals surface area contributed by atoms with Crippen LogP contribution in [0.25, 0.3) is 0 Å². The lowest BCUT2D eigenvalue weighted by atomic mass is 10.2. The first-order chi connectivity index (χ1) is 8.20. The molecular weight excluding hydrogens is 240 g/mol. The molecule has 17 heavy (non-hydrogen) atoms. The van der Waals surface area contributed by atoms with E-state index in [-0.39, 0.29) is 19.1 Å². The Balaban J connectivity index is 2.63. The molecule has 5 nitrogen and oxygen atoms in total. The van der Waals surface area contributed by atoms with Crippen molar-refractivity contribution in [1.29, 1.82) is 0 Å². The molecule has 1 unspecified atom stereocenters. The minimum absolute atomic E-state index is 0.0768. The third-order valence-corrected chi connectivity index (χ3v) is 3.32. The number of thiophene rings is 1. The first kappa shape index (κ1) is 14.1. The van der Waals surface area contributed by atoms with Crippen LogP contribution in [-0.2, 0) is 9.53 Å². The van der Waals surface area contributed by atoms with Crippen LogP contribution in [0.4, 0.5) is 0 Å². The Morgan fingerprint density at radius 2 is 2.41 bits per heavy atom. The second-order valence-corrected chi connectivity index (χ2v) is 4.51. The summed E-state index contributed by atoms with van der Waals surface area (Å²) in [5.41, 5.74) is 5.88. The van der Waals surface area contributed by atoms with Crippen LogP contribution in [0.15, 0.2) is 17.5 Å². The fourth-order valence-electron chi connectivity index (χ4n) is 1.44. The monoisotopic (exact) mass is 258 g/mol. The van der Waals surface area contributed by atoms with Crippen molar-refractivity contribution in [3.8, 4) is 0 Å². The molecular formula is C11H18N2O3S. The van der Waals surface area contributed by atoms with Gasteiger partial charge in [-0.3, -0.25) is 4.79 Å². The molecule has 0 saturated heterocycles. The minimum atomic E-state index is -0.654. The summed E-state index contributed by atoms with van der Waals surface area (Å²) in [4.78, 5) is 14.4. The molecule has 6 heteroatoms. The van der Waals surface area contributed by atoms with Gasteiger partial charge < -0.3 is 20.5 Å². The van der Waals surface area contributed by atoms with Crippen molar-refractivity contribution >= 4 is 17.2 Å². The number of carbonyl (C=O) groups is 1. The topological polar surface area (TPSA) is 75.8 Å². The number of nitrogens with zero attached hydrogens (tertiary/aromatic N) is 1. The molecule has 1 aromatic heterocycles. The number of nitrogens with two attached hydrogens (primary N) is 1. The summed E-state index contributed by atoms with van der Waals surface area (Å²) in [5.74, 6) is -0.182. The van der Waals surface area contributed by atoms with Crippen molar-refractivity contribution in [2.24, 2.45) is 5.73 Å². The summed E-state index contributed by atoms with van der Waals surface area (Å²) in [6.45, 7) is 1.08. The molecule has 0 saturated carbocycles. The molecule has 1 atom stereocenters. The number of carbonyl (C=O) groups excluding carboxylic acids is 1. The van der Waals surface area contributed by atoms with Gasteiger partial charge in [0.1, 0.15) is 6.04 Å². The average Bonchev–Trinajstić information content (AvgIpc) is 2.86. The molecule has 1 heterocycles. The quantitative estimate of drug-likeness (QED) is 0.733. The van der Waals surface area contributed by atoms with Crippen molar-refractivity contribution in [2.75, 3.05) is 33.4 Å². The minimum Gasteiger partial charge on any atom is -0.395 e. The van der Waals surface area contributed by atoms with E-state index in [9.17, 15) is 4.79 Å². The normalized spacial score (nSPS) is 12.4. The van der Waals surface area contributed by atoms with Gasteiger partial charge in [-0.1, -0.05) is 6.07 Å². The first-order valence-corrected chi connectivity index (χ1v) is 6.26. The third kappa shape index (κ3) is 4.08. The Morgan fingerprint density at radius 1 is 1.65 bits per heavy atom. The summed E-state index contributed by atoms with van der Waals surface area (Å²) < 4.78 is 4.93. The van der Waals surface area contributed by atoms with Gasteiger partial charge in [-0.25, -0.2) is 0 Å². The van der Waals surface area contributed by atoms with E-state index in [1.807, 2.05) is 17.5 Å². The van der Waals surface area contributed by atoms with Gasteiger partial charge in [-0.2, -0.15) is 0 Å². The summed E-state index contributed by atoms with van der Waals surface area (Å²) in [6, 6.07) is 3.04. The Bertz CT molecular complexity index is 329. The molecule has 0 fully saturated rings. The predicted molar refractivity (Wildman–Crippen MR) is 66.8 cm³/mol. The van der Waals surface area contributed by atoms with Crippen LogP contribution in [0, 0.1) is 0 Å². The number of hydrogen-bond donors (Lipinski definition) is 2. The molecule has 0 aliphatic heterocycles. The van der Waals surface area contributed by atoms with E-state index in [1.54, 1.807) is 7.11 Å². The van der Waals surface area contributed by atoms with E-state index in [2.05, 4.69) is 0 Å². The van der Waals surface area contributed by atoms with Crippen molar-refractivity contribution in [3.63, 3.8) is 0 Å². The lowest BCUT2D eigenvalue weighted by molar-refractivity contribution is -0.133. The van der Waals surface area contributed by atoms with Crippen molar-refractivity contribution in [3.05, 3.63) is 22.4 Å². The Labute approximate surface area is 105 Å². The van der Waals surface area contributed by atoms with Crippen molar-refractivity contribution in [1.82, 2.24) is 4.90 Å². The fourth-order valence-corrected chi connectivity index (χ4v) is 2.16. The molecule has 0 radical (unpaired) electrons. The summed E-state index contributed by atoms with van der Waals surface area (Å²) in [6.07, 6.45) is 0. The van der Waals surface area contributed by atoms with Crippen molar-refractivity contribution < 1.29 is 14.6 Å². The zero-order chi connectivity index (χ0) is 12.7. The molecule has 96 valence electrons. The zero-order valence-electron chi connectivity index (χ0n) is 9.83. The van der Waals surface area contributed by atoms with E-state index in [1.165, 1.54) is 16.2 Å². The second-order valence-electron chi connectivity index (χ2n) is 3.53. The highest BCUT2D eigenvalue weighted by molar-refractivity contribution is 7.10. The largest absolute Gasteiger partial charge is 0.395 e. The zero-order valence-corrected chi connectivity index (χ0v) is 10.7. The van der Waals surface area contributed by atoms with E-state index in [4.69, 9.17) is 15.6 Å². The molecule has 0 aliphatic rings. The SMILES string of the molecule is COCCN(CCO)C(=O)C(N)c1cccs1. The molecule has 1 amide bonds. The highest BCUT2D eigenvalue weighted by Crippen LogP contribution is 2.18. The van der Waals surface area contributed by atoms with Crippen LogP contribution in [0.2, 0.25) is 0 Å². The lowest BCUT2D eigenvalue weighted by Crippen LogP contribution is -2.41. The molecule has 3 N–H and O–H groups in total. The number of hydrogen-bond acceptors (Lipinski definition) is 5. The van der Waals surface area contributed by atoms with E-state index < -0.39 is 6.04 Å². The molecule has 1 aromatic rings. The highest BCUT2D eigenvalue weighted by atomic mass is 32.1. The Kier molecular flexibility index (Phi) is 6.13. The van der Waals surface area contributed by atoms with Crippen LogP contribution in [0.3, 0.4) is 0 Å². The molecule has 0 spiro atoms. The summed E-state index contributed by atoms with van der Waals surface area (Å²) >= 11 is 1.45. The number of ether oxygens (including phenoxy) is 1. The Hall–Kier alpha value is -0.950. The van der Waals surface area contributed by atoms with E-state index in [0.29, 0.717) is 13.2 Å². The van der Waals surface area contributed by atoms with Gasteiger partial charge in [0, 0.05) is 25.1 Å². The maximum absolute atomic E-state index is 12.1. The van der Waals surface area contributed by atoms with Crippen LogP contribution in [-0.4, -0.2) is 49.3 Å². The lowest BCUT2D eigenvalue weighted by Gasteiger charge is -2.24. The second kappa shape index (κ2) is 7.39. The molecule has 0 aliphatic carbocycles. The number of aliphatic hydroxyl groups is 1. The fraction of sp³-hybridized carbons (Fsp3) is 0.545. The predicted octanol–water partition coefficient (Wildman–Crippen LogP) is 0.215. The average molecular weight is 258 g/mol. The van der Waals surface area contributed by atoms with Crippen LogP contribution in [0.5, 0.6) is 0 Å². The summed E-state index contributed by atoms with van der Waals surface area (Å²) in [7, 11) is 1.57. The van der Waals surface area contributed by atoms with Crippen molar-refractivity contribution in [2.45, 2.75) is 6.04 Å². The van der Waals surface area contributed by atoms with Gasteiger partial charge in [-0.15, -0.1) is 11.3 Å². The van der Waals surface area contributed by atoms with Crippen LogP contribution >= 0.6 is 11.3 Å². The van der Waals surface area contributed by atoms with Gasteiger partial charge in [-0.05, 0) is 11.4 Å². The maximum Gasteiger partial charge on any atom is 0.245 e. The standard InChI is InChI=1S/C11H18N2O3S/c1-16-7-5-13(4-6-14)11(15)10(12)9-3-2-8-17-9/h2-3,8,10,14H,4-7,12H2,1H3. The smallest absolute Gasteiger partial charge is 0.245 e. The van der Waals surface area contributed by atoms with E-state index in [0.717, 1.165) is 4.88 Å². The number of methoxy groups -OCH3 is 1. The molecule has 1 rings (SSSR count). The summed E-state index contributed by atoms with van der Waals surface area (Å²) in [5, 5.41) is 10.8. The highest BCUT2D eigenvalue weighted by Gasteiger charge is 2.22. The van der Waals surface area contributed by atoms with E-state index >= 15 is 0 Å². The van der Waals surface area contributed by atoms with Crippen LogP contribution < -0.4 is 5.73 Å². The molecule has 0 bridgehead atoms. The maximum atomic E-state index is 12.1. The number of aliphatic hydroxyl groups excluding tert-OH is 1. The molecule has 0 aromatic carbocycles. The van der Waals surface area contributed by atoms with Gasteiger partial charge in [0.05, 0.1) is 13.2 Å². The number of rotatable bonds is 7. The van der Waals surface area contributed by atoms with Gasteiger partial charge in [0.15, 0.2) is 0 Å². The van der Waals surface area contributed by atoms with Gasteiger partial charge in [0.2, 0.25) is 5.91 Å². The van der Waals surface area contributed by atoms with Crippen LogP contribution in [0.1, 0.15) is 10.9 Å². The van der Waals surface area contributed by atoms with Gasteiger partial charge >= 0.3 is 0 Å².